The standard InChI is InChI=1S/C33H34FN5O4/c1-32(2)18-39(17-19-3-5-20(6-4-19)29-37-31(43-38-29)21-7-8-21)14-13-33(32,42)25-10-11-26-24(28(25)34)15-22(16-35-26)23-9-12-27(40)36-30(23)41/h3-6,10-11,15-16,21,23,42H,7-9,12-14,17-18H2,1-2H3,(H,36,40,41). The Hall–Kier alpha value is -4.02. The summed E-state index contributed by atoms with van der Waals surface area (Å²) in [5.41, 5.74) is 1.20. The molecule has 2 amide bonds. The minimum absolute atomic E-state index is 0.228. The molecule has 2 atom stereocenters. The molecule has 0 bridgehead atoms. The van der Waals surface area contributed by atoms with Gasteiger partial charge in [-0.05, 0) is 48.9 Å². The van der Waals surface area contributed by atoms with Crippen LogP contribution in [0.4, 0.5) is 4.39 Å². The molecule has 2 aliphatic heterocycles. The average molecular weight is 584 g/mol. The zero-order valence-corrected chi connectivity index (χ0v) is 24.3. The Labute approximate surface area is 248 Å². The van der Waals surface area contributed by atoms with E-state index in [1.54, 1.807) is 24.4 Å². The molecular formula is C33H34FN5O4. The van der Waals surface area contributed by atoms with Crippen LogP contribution in [0.1, 0.15) is 80.4 Å². The maximum Gasteiger partial charge on any atom is 0.234 e. The number of aliphatic hydroxyl groups is 1. The predicted molar refractivity (Wildman–Crippen MR) is 156 cm³/mol. The molecule has 0 radical (unpaired) electrons. The number of benzene rings is 2. The lowest BCUT2D eigenvalue weighted by Gasteiger charge is -2.50. The molecule has 2 N–H and O–H groups in total. The minimum atomic E-state index is -1.41. The summed E-state index contributed by atoms with van der Waals surface area (Å²) in [4.78, 5) is 35.3. The molecule has 3 aliphatic rings. The highest BCUT2D eigenvalue weighted by Crippen LogP contribution is 2.48. The van der Waals surface area contributed by atoms with Crippen LogP contribution in [0.2, 0.25) is 0 Å². The largest absolute Gasteiger partial charge is 0.384 e. The SMILES string of the molecule is CC1(C)CN(Cc2ccc(-c3noc(C4CC4)n3)cc2)CCC1(O)c1ccc2ncc(C3CCC(=O)NC3=O)cc2c1F. The molecule has 4 heterocycles. The number of piperidine rings is 2. The highest BCUT2D eigenvalue weighted by Gasteiger charge is 2.50. The van der Waals surface area contributed by atoms with E-state index in [1.165, 1.54) is 0 Å². The van der Waals surface area contributed by atoms with Gasteiger partial charge in [0, 0.05) is 60.1 Å². The van der Waals surface area contributed by atoms with Crippen LogP contribution in [0.25, 0.3) is 22.3 Å². The first-order valence-electron chi connectivity index (χ1n) is 14.9. The Kier molecular flexibility index (Phi) is 6.66. The summed E-state index contributed by atoms with van der Waals surface area (Å²) in [7, 11) is 0. The van der Waals surface area contributed by atoms with Gasteiger partial charge in [-0.3, -0.25) is 24.8 Å². The van der Waals surface area contributed by atoms with Gasteiger partial charge < -0.3 is 9.63 Å². The normalized spacial score (nSPS) is 24.3. The summed E-state index contributed by atoms with van der Waals surface area (Å²) in [6.07, 6.45) is 4.72. The second kappa shape index (κ2) is 10.3. The Morgan fingerprint density at radius 2 is 1.91 bits per heavy atom. The number of carbonyl (C=O) groups is 2. The lowest BCUT2D eigenvalue weighted by Crippen LogP contribution is -2.55. The minimum Gasteiger partial charge on any atom is -0.384 e. The number of rotatable bonds is 6. The van der Waals surface area contributed by atoms with Crippen LogP contribution in [-0.2, 0) is 21.7 Å². The molecule has 43 heavy (non-hydrogen) atoms. The number of likely N-dealkylation sites (tertiary alicyclic amines) is 1. The smallest absolute Gasteiger partial charge is 0.234 e. The summed E-state index contributed by atoms with van der Waals surface area (Å²) in [6, 6.07) is 13.1. The van der Waals surface area contributed by atoms with E-state index in [-0.39, 0.29) is 23.3 Å². The third kappa shape index (κ3) is 5.02. The molecule has 0 spiro atoms. The molecule has 10 heteroatoms. The van der Waals surface area contributed by atoms with E-state index in [9.17, 15) is 14.7 Å². The monoisotopic (exact) mass is 583 g/mol. The molecular weight excluding hydrogens is 549 g/mol. The van der Waals surface area contributed by atoms with E-state index in [1.807, 2.05) is 26.0 Å². The zero-order valence-electron chi connectivity index (χ0n) is 24.3. The third-order valence-corrected chi connectivity index (χ3v) is 9.42. The molecule has 1 saturated carbocycles. The topological polar surface area (TPSA) is 121 Å². The van der Waals surface area contributed by atoms with Crippen molar-refractivity contribution in [1.29, 1.82) is 0 Å². The van der Waals surface area contributed by atoms with Gasteiger partial charge >= 0.3 is 0 Å². The van der Waals surface area contributed by atoms with Crippen LogP contribution in [0.15, 0.2) is 53.2 Å². The molecule has 7 rings (SSSR count). The number of carbonyl (C=O) groups excluding carboxylic acids is 2. The van der Waals surface area contributed by atoms with Crippen molar-refractivity contribution in [3.05, 3.63) is 77.1 Å². The van der Waals surface area contributed by atoms with E-state index in [4.69, 9.17) is 4.52 Å². The highest BCUT2D eigenvalue weighted by atomic mass is 19.1. The van der Waals surface area contributed by atoms with Crippen LogP contribution in [0.3, 0.4) is 0 Å². The first-order chi connectivity index (χ1) is 20.6. The summed E-state index contributed by atoms with van der Waals surface area (Å²) in [6.45, 7) is 5.78. The maximum atomic E-state index is 16.2. The van der Waals surface area contributed by atoms with Crippen LogP contribution in [-0.4, -0.2) is 50.0 Å². The lowest BCUT2D eigenvalue weighted by atomic mass is 9.66. The number of pyridine rings is 1. The summed E-state index contributed by atoms with van der Waals surface area (Å²) in [5, 5.41) is 18.8. The van der Waals surface area contributed by atoms with Crippen molar-refractivity contribution in [2.45, 2.75) is 69.9 Å². The predicted octanol–water partition coefficient (Wildman–Crippen LogP) is 4.94. The van der Waals surface area contributed by atoms with Gasteiger partial charge in [0.2, 0.25) is 23.5 Å². The number of halogens is 1. The van der Waals surface area contributed by atoms with Crippen LogP contribution in [0.5, 0.6) is 0 Å². The van der Waals surface area contributed by atoms with Crippen LogP contribution < -0.4 is 5.32 Å². The van der Waals surface area contributed by atoms with Crippen molar-refractivity contribution in [3.63, 3.8) is 0 Å². The van der Waals surface area contributed by atoms with Crippen LogP contribution in [0, 0.1) is 11.2 Å². The average Bonchev–Trinajstić information content (AvgIpc) is 3.72. The number of amides is 2. The van der Waals surface area contributed by atoms with Gasteiger partial charge in [-0.15, -0.1) is 0 Å². The third-order valence-electron chi connectivity index (χ3n) is 9.42. The van der Waals surface area contributed by atoms with Gasteiger partial charge in [0.05, 0.1) is 17.0 Å². The van der Waals surface area contributed by atoms with Gasteiger partial charge in [0.15, 0.2) is 0 Å². The number of aromatic nitrogens is 3. The molecule has 2 unspecified atom stereocenters. The van der Waals surface area contributed by atoms with Crippen molar-refractivity contribution < 1.29 is 23.6 Å². The molecule has 9 nitrogen and oxygen atoms in total. The second-order valence-corrected chi connectivity index (χ2v) is 12.9. The first kappa shape index (κ1) is 27.8. The number of nitrogens with one attached hydrogen (secondary N) is 1. The maximum absolute atomic E-state index is 16.2. The van der Waals surface area contributed by atoms with Gasteiger partial charge in [-0.1, -0.05) is 49.3 Å². The van der Waals surface area contributed by atoms with E-state index in [0.717, 1.165) is 29.9 Å². The molecule has 2 saturated heterocycles. The second-order valence-electron chi connectivity index (χ2n) is 12.9. The Morgan fingerprint density at radius 1 is 1.12 bits per heavy atom. The fourth-order valence-electron chi connectivity index (χ4n) is 6.63. The van der Waals surface area contributed by atoms with Crippen molar-refractivity contribution in [2.24, 2.45) is 5.41 Å². The fraction of sp³-hybridized carbons (Fsp3) is 0.424. The van der Waals surface area contributed by atoms with Crippen molar-refractivity contribution in [3.8, 4) is 11.4 Å². The van der Waals surface area contributed by atoms with Crippen molar-refractivity contribution in [1.82, 2.24) is 25.3 Å². The van der Waals surface area contributed by atoms with E-state index >= 15 is 4.39 Å². The molecule has 2 aromatic carbocycles. The van der Waals surface area contributed by atoms with E-state index in [2.05, 4.69) is 37.5 Å². The Morgan fingerprint density at radius 3 is 2.63 bits per heavy atom. The quantitative estimate of drug-likeness (QED) is 0.306. The molecule has 4 aromatic rings. The molecule has 3 fully saturated rings. The lowest BCUT2D eigenvalue weighted by molar-refractivity contribution is -0.134. The van der Waals surface area contributed by atoms with E-state index < -0.39 is 28.7 Å². The zero-order chi connectivity index (χ0) is 29.9. The van der Waals surface area contributed by atoms with Gasteiger partial charge in [-0.2, -0.15) is 4.98 Å². The van der Waals surface area contributed by atoms with Crippen molar-refractivity contribution in [2.75, 3.05) is 13.1 Å². The first-order valence-corrected chi connectivity index (χ1v) is 14.9. The molecule has 2 aromatic heterocycles. The van der Waals surface area contributed by atoms with Crippen LogP contribution >= 0.6 is 0 Å². The summed E-state index contributed by atoms with van der Waals surface area (Å²) in [5.74, 6) is -0.0512. The summed E-state index contributed by atoms with van der Waals surface area (Å²) < 4.78 is 21.6. The van der Waals surface area contributed by atoms with E-state index in [0.29, 0.717) is 55.3 Å². The summed E-state index contributed by atoms with van der Waals surface area (Å²) >= 11 is 0. The Bertz CT molecular complexity index is 1730. The number of imide groups is 1. The Balaban J connectivity index is 1.09. The van der Waals surface area contributed by atoms with Gasteiger partial charge in [0.25, 0.3) is 0 Å². The highest BCUT2D eigenvalue weighted by molar-refractivity contribution is 6.01. The fourth-order valence-corrected chi connectivity index (χ4v) is 6.63. The number of hydrogen-bond donors (Lipinski definition) is 2. The number of fused-ring (bicyclic) bond motifs is 1. The van der Waals surface area contributed by atoms with Gasteiger partial charge in [0.1, 0.15) is 5.82 Å². The number of nitrogens with zero attached hydrogens (tertiary/aromatic N) is 4. The molecule has 1 aliphatic carbocycles. The van der Waals surface area contributed by atoms with Gasteiger partial charge in [-0.25, -0.2) is 4.39 Å². The number of hydrogen-bond acceptors (Lipinski definition) is 8. The molecule has 222 valence electrons. The van der Waals surface area contributed by atoms with Crippen molar-refractivity contribution >= 4 is 22.7 Å².